The SMILES string of the molecule is CCN1CCC(CNC(=NC)NCC(C)c2ccsc2)C1. The Morgan fingerprint density at radius 1 is 1.52 bits per heavy atom. The van der Waals surface area contributed by atoms with Crippen LogP contribution in [0, 0.1) is 5.92 Å². The summed E-state index contributed by atoms with van der Waals surface area (Å²) < 4.78 is 0. The summed E-state index contributed by atoms with van der Waals surface area (Å²) in [6.45, 7) is 10.0. The molecule has 1 aromatic rings. The molecule has 4 nitrogen and oxygen atoms in total. The first-order valence-electron chi connectivity index (χ1n) is 7.91. The average Bonchev–Trinajstić information content (AvgIpc) is 3.18. The summed E-state index contributed by atoms with van der Waals surface area (Å²) in [7, 11) is 1.84. The Balaban J connectivity index is 1.69. The summed E-state index contributed by atoms with van der Waals surface area (Å²) in [6, 6.07) is 2.20. The van der Waals surface area contributed by atoms with E-state index in [9.17, 15) is 0 Å². The molecule has 1 aromatic heterocycles. The number of nitrogens with zero attached hydrogens (tertiary/aromatic N) is 2. The van der Waals surface area contributed by atoms with Crippen LogP contribution >= 0.6 is 11.3 Å². The zero-order valence-electron chi connectivity index (χ0n) is 13.4. The zero-order chi connectivity index (χ0) is 15.1. The number of hydrogen-bond donors (Lipinski definition) is 2. The van der Waals surface area contributed by atoms with Gasteiger partial charge in [-0.1, -0.05) is 13.8 Å². The second-order valence-electron chi connectivity index (χ2n) is 5.84. The molecule has 0 spiro atoms. The van der Waals surface area contributed by atoms with Crippen molar-refractivity contribution in [3.63, 3.8) is 0 Å². The standard InChI is InChI=1S/C16H28N4S/c1-4-20-7-5-14(11-20)10-19-16(17-3)18-9-13(2)15-6-8-21-12-15/h6,8,12-14H,4-5,7,9-11H2,1-3H3,(H2,17,18,19). The van der Waals surface area contributed by atoms with Gasteiger partial charge in [-0.2, -0.15) is 11.3 Å². The lowest BCUT2D eigenvalue weighted by Gasteiger charge is -2.18. The van der Waals surface area contributed by atoms with Gasteiger partial charge in [0.15, 0.2) is 5.96 Å². The second kappa shape index (κ2) is 8.39. The van der Waals surface area contributed by atoms with E-state index in [1.165, 1.54) is 31.6 Å². The van der Waals surface area contributed by atoms with Crippen LogP contribution in [0.1, 0.15) is 31.7 Å². The monoisotopic (exact) mass is 308 g/mol. The van der Waals surface area contributed by atoms with Gasteiger partial charge in [0, 0.05) is 26.7 Å². The third kappa shape index (κ3) is 5.00. The van der Waals surface area contributed by atoms with Crippen LogP contribution in [0.15, 0.2) is 21.8 Å². The minimum absolute atomic E-state index is 0.511. The molecule has 0 bridgehead atoms. The first-order chi connectivity index (χ1) is 10.2. The van der Waals surface area contributed by atoms with E-state index in [0.717, 1.165) is 25.0 Å². The first-order valence-corrected chi connectivity index (χ1v) is 8.86. The fourth-order valence-electron chi connectivity index (χ4n) is 2.75. The number of hydrogen-bond acceptors (Lipinski definition) is 3. The van der Waals surface area contributed by atoms with Gasteiger partial charge in [-0.05, 0) is 53.7 Å². The van der Waals surface area contributed by atoms with Crippen LogP contribution < -0.4 is 10.6 Å². The number of aliphatic imine (C=N–C) groups is 1. The smallest absolute Gasteiger partial charge is 0.191 e. The molecule has 2 atom stereocenters. The van der Waals surface area contributed by atoms with E-state index in [4.69, 9.17) is 0 Å². The molecule has 1 aliphatic heterocycles. The molecule has 1 saturated heterocycles. The number of thiophene rings is 1. The number of likely N-dealkylation sites (tertiary alicyclic amines) is 1. The van der Waals surface area contributed by atoms with Gasteiger partial charge in [0.2, 0.25) is 0 Å². The van der Waals surface area contributed by atoms with Crippen molar-refractivity contribution in [1.29, 1.82) is 0 Å². The molecule has 0 saturated carbocycles. The summed E-state index contributed by atoms with van der Waals surface area (Å²) in [4.78, 5) is 6.84. The summed E-state index contributed by atoms with van der Waals surface area (Å²) in [6.07, 6.45) is 1.29. The van der Waals surface area contributed by atoms with Crippen LogP contribution in [0.3, 0.4) is 0 Å². The molecular formula is C16H28N4S. The van der Waals surface area contributed by atoms with E-state index in [2.05, 4.69) is 51.2 Å². The maximum Gasteiger partial charge on any atom is 0.191 e. The second-order valence-corrected chi connectivity index (χ2v) is 6.62. The van der Waals surface area contributed by atoms with E-state index >= 15 is 0 Å². The maximum atomic E-state index is 4.32. The van der Waals surface area contributed by atoms with Crippen LogP contribution in [-0.4, -0.2) is 50.6 Å². The van der Waals surface area contributed by atoms with Crippen molar-refractivity contribution < 1.29 is 0 Å². The predicted molar refractivity (Wildman–Crippen MR) is 92.3 cm³/mol. The first kappa shape index (κ1) is 16.3. The highest BCUT2D eigenvalue weighted by atomic mass is 32.1. The van der Waals surface area contributed by atoms with Crippen molar-refractivity contribution in [2.45, 2.75) is 26.2 Å². The lowest BCUT2D eigenvalue weighted by atomic mass is 10.1. The molecule has 2 rings (SSSR count). The number of rotatable bonds is 6. The molecule has 0 aliphatic carbocycles. The van der Waals surface area contributed by atoms with E-state index in [0.29, 0.717) is 5.92 Å². The van der Waals surface area contributed by atoms with Crippen LogP contribution in [-0.2, 0) is 0 Å². The molecule has 1 aliphatic rings. The van der Waals surface area contributed by atoms with Crippen molar-refractivity contribution in [2.75, 3.05) is 39.8 Å². The van der Waals surface area contributed by atoms with Gasteiger partial charge in [-0.25, -0.2) is 0 Å². The topological polar surface area (TPSA) is 39.7 Å². The van der Waals surface area contributed by atoms with E-state index < -0.39 is 0 Å². The van der Waals surface area contributed by atoms with Crippen LogP contribution in [0.25, 0.3) is 0 Å². The van der Waals surface area contributed by atoms with Gasteiger partial charge in [-0.15, -0.1) is 0 Å². The maximum absolute atomic E-state index is 4.32. The molecule has 118 valence electrons. The third-order valence-electron chi connectivity index (χ3n) is 4.29. The fraction of sp³-hybridized carbons (Fsp3) is 0.688. The molecule has 0 aromatic carbocycles. The highest BCUT2D eigenvalue weighted by molar-refractivity contribution is 7.07. The minimum Gasteiger partial charge on any atom is -0.356 e. The van der Waals surface area contributed by atoms with Gasteiger partial charge in [0.25, 0.3) is 0 Å². The minimum atomic E-state index is 0.511. The fourth-order valence-corrected chi connectivity index (χ4v) is 3.53. The van der Waals surface area contributed by atoms with Crippen molar-refractivity contribution >= 4 is 17.3 Å². The van der Waals surface area contributed by atoms with Gasteiger partial charge in [0.1, 0.15) is 0 Å². The molecule has 1 fully saturated rings. The Labute approximate surface area is 132 Å². The lowest BCUT2D eigenvalue weighted by molar-refractivity contribution is 0.342. The summed E-state index contributed by atoms with van der Waals surface area (Å²) in [5.41, 5.74) is 1.40. The van der Waals surface area contributed by atoms with Gasteiger partial charge >= 0.3 is 0 Å². The predicted octanol–water partition coefficient (Wildman–Crippen LogP) is 2.36. The van der Waals surface area contributed by atoms with E-state index in [1.54, 1.807) is 11.3 Å². The van der Waals surface area contributed by atoms with Gasteiger partial charge in [-0.3, -0.25) is 4.99 Å². The molecule has 0 radical (unpaired) electrons. The summed E-state index contributed by atoms with van der Waals surface area (Å²) in [5.74, 6) is 2.18. The van der Waals surface area contributed by atoms with E-state index in [1.807, 2.05) is 7.05 Å². The molecule has 2 heterocycles. The third-order valence-corrected chi connectivity index (χ3v) is 4.99. The summed E-state index contributed by atoms with van der Waals surface area (Å²) in [5, 5.41) is 11.3. The molecule has 2 N–H and O–H groups in total. The highest BCUT2D eigenvalue weighted by Gasteiger charge is 2.21. The van der Waals surface area contributed by atoms with E-state index in [-0.39, 0.29) is 0 Å². The molecule has 2 unspecified atom stereocenters. The Hall–Kier alpha value is -1.07. The summed E-state index contributed by atoms with van der Waals surface area (Å²) >= 11 is 1.76. The highest BCUT2D eigenvalue weighted by Crippen LogP contribution is 2.17. The molecule has 0 amide bonds. The largest absolute Gasteiger partial charge is 0.356 e. The van der Waals surface area contributed by atoms with Crippen LogP contribution in [0.2, 0.25) is 0 Å². The Bertz CT molecular complexity index is 429. The van der Waals surface area contributed by atoms with Crippen molar-refractivity contribution in [1.82, 2.24) is 15.5 Å². The lowest BCUT2D eigenvalue weighted by Crippen LogP contribution is -2.41. The Kier molecular flexibility index (Phi) is 6.51. The van der Waals surface area contributed by atoms with Crippen LogP contribution in [0.4, 0.5) is 0 Å². The van der Waals surface area contributed by atoms with Gasteiger partial charge < -0.3 is 15.5 Å². The van der Waals surface area contributed by atoms with Crippen LogP contribution in [0.5, 0.6) is 0 Å². The number of guanidine groups is 1. The molecular weight excluding hydrogens is 280 g/mol. The molecule has 5 heteroatoms. The van der Waals surface area contributed by atoms with Crippen molar-refractivity contribution in [3.05, 3.63) is 22.4 Å². The number of nitrogens with one attached hydrogen (secondary N) is 2. The normalized spacial score (nSPS) is 21.5. The quantitative estimate of drug-likeness (QED) is 0.626. The Morgan fingerprint density at radius 2 is 2.38 bits per heavy atom. The van der Waals surface area contributed by atoms with Gasteiger partial charge in [0.05, 0.1) is 0 Å². The molecule has 21 heavy (non-hydrogen) atoms. The Morgan fingerprint density at radius 3 is 3.00 bits per heavy atom. The zero-order valence-corrected chi connectivity index (χ0v) is 14.2. The van der Waals surface area contributed by atoms with Crippen molar-refractivity contribution in [3.8, 4) is 0 Å². The average molecular weight is 308 g/mol. The van der Waals surface area contributed by atoms with Crippen molar-refractivity contribution in [2.24, 2.45) is 10.9 Å².